The fourth-order valence-corrected chi connectivity index (χ4v) is 8.21. The van der Waals surface area contributed by atoms with Crippen LogP contribution in [0.25, 0.3) is 0 Å². The highest BCUT2D eigenvalue weighted by Gasteiger charge is 2.54. The van der Waals surface area contributed by atoms with Gasteiger partial charge in [0.05, 0.1) is 17.4 Å². The summed E-state index contributed by atoms with van der Waals surface area (Å²) in [6, 6.07) is 5.16. The molecular formula is C27H29Cl2N4O7S3+. The number of halogens is 2. The number of hydrogen-bond acceptors (Lipinski definition) is 9. The van der Waals surface area contributed by atoms with Crippen molar-refractivity contribution in [2.45, 2.75) is 53.2 Å². The minimum atomic E-state index is -1.20. The first-order valence-corrected chi connectivity index (χ1v) is 16.8. The van der Waals surface area contributed by atoms with E-state index >= 15 is 0 Å². The van der Waals surface area contributed by atoms with Gasteiger partial charge in [-0.1, -0.05) is 23.2 Å². The standard InChI is InChI=1S/C27H28Cl2N4O7S3/c28-17-9-20(18(29)8-14(17)10-34)42-13-21(35)31-22-24(36)33-23(27(39)40)15(12-43-25(22)33)11-41-16-3-6-32(7-4-16)5-1-2-19(30)26(37)38/h3-4,6-9,19,22,25,34H,1-2,5,10-13,30H2,(H2-,31,35,37,38,39,40)/p+1/t19-,22-,25-/m1/s1. The number of carboxylic acid groups (broad SMARTS) is 2. The van der Waals surface area contributed by atoms with E-state index in [-0.39, 0.29) is 18.1 Å². The molecule has 230 valence electrons. The van der Waals surface area contributed by atoms with Gasteiger partial charge in [0.2, 0.25) is 5.91 Å². The number of hydrogen-bond donors (Lipinski definition) is 5. The molecule has 2 aliphatic rings. The average molecular weight is 689 g/mol. The molecule has 2 amide bonds. The summed E-state index contributed by atoms with van der Waals surface area (Å²) in [6.45, 7) is 0.351. The molecule has 0 unspecified atom stereocenters. The number of pyridine rings is 1. The number of nitrogens with one attached hydrogen (secondary N) is 1. The van der Waals surface area contributed by atoms with E-state index in [4.69, 9.17) is 34.0 Å². The van der Waals surface area contributed by atoms with Gasteiger partial charge in [0.1, 0.15) is 29.7 Å². The van der Waals surface area contributed by atoms with Crippen molar-refractivity contribution < 1.29 is 39.1 Å². The number of rotatable bonds is 14. The van der Waals surface area contributed by atoms with Crippen LogP contribution in [-0.2, 0) is 32.3 Å². The lowest BCUT2D eigenvalue weighted by Crippen LogP contribution is -2.70. The number of carbonyl (C=O) groups excluding carboxylic acids is 2. The van der Waals surface area contributed by atoms with Gasteiger partial charge in [-0.15, -0.1) is 35.3 Å². The highest BCUT2D eigenvalue weighted by atomic mass is 35.5. The molecule has 43 heavy (non-hydrogen) atoms. The molecule has 1 fully saturated rings. The molecule has 0 radical (unpaired) electrons. The Morgan fingerprint density at radius 3 is 2.53 bits per heavy atom. The van der Waals surface area contributed by atoms with E-state index in [0.29, 0.717) is 57.0 Å². The Bertz CT molecular complexity index is 1440. The molecule has 0 bridgehead atoms. The Kier molecular flexibility index (Phi) is 11.7. The number of aryl methyl sites for hydroxylation is 1. The lowest BCUT2D eigenvalue weighted by molar-refractivity contribution is -0.697. The fourth-order valence-electron chi connectivity index (χ4n) is 4.43. The number of aromatic nitrogens is 1. The van der Waals surface area contributed by atoms with Crippen molar-refractivity contribution >= 4 is 82.2 Å². The van der Waals surface area contributed by atoms with Gasteiger partial charge in [0.25, 0.3) is 5.91 Å². The second-order valence-electron chi connectivity index (χ2n) is 9.68. The zero-order valence-corrected chi connectivity index (χ0v) is 26.5. The lowest BCUT2D eigenvalue weighted by Gasteiger charge is -2.49. The highest BCUT2D eigenvalue weighted by Crippen LogP contribution is 2.41. The van der Waals surface area contributed by atoms with E-state index < -0.39 is 41.2 Å². The maximum Gasteiger partial charge on any atom is 0.352 e. The van der Waals surface area contributed by atoms with Crippen LogP contribution in [0.3, 0.4) is 0 Å². The van der Waals surface area contributed by atoms with Crippen LogP contribution >= 0.6 is 58.5 Å². The first-order valence-electron chi connectivity index (χ1n) is 13.0. The predicted octanol–water partition coefficient (Wildman–Crippen LogP) is 2.59. The van der Waals surface area contributed by atoms with Crippen molar-refractivity contribution in [1.82, 2.24) is 10.2 Å². The number of amides is 2. The number of carbonyl (C=O) groups is 4. The second kappa shape index (κ2) is 15.0. The van der Waals surface area contributed by atoms with Gasteiger partial charge in [-0.25, -0.2) is 9.36 Å². The summed E-state index contributed by atoms with van der Waals surface area (Å²) in [6.07, 6.45) is 4.71. The van der Waals surface area contributed by atoms with Gasteiger partial charge >= 0.3 is 11.9 Å². The maximum absolute atomic E-state index is 13.0. The average Bonchev–Trinajstić information content (AvgIpc) is 2.98. The number of aliphatic hydroxyl groups is 1. The number of aliphatic carboxylic acids is 2. The van der Waals surface area contributed by atoms with Crippen LogP contribution in [0.1, 0.15) is 18.4 Å². The number of β-lactam (4-membered cyclic amide) rings is 1. The van der Waals surface area contributed by atoms with Crippen molar-refractivity contribution in [2.24, 2.45) is 5.73 Å². The molecule has 0 aliphatic carbocycles. The number of fused-ring (bicyclic) bond motifs is 1. The Labute approximate surface area is 270 Å². The van der Waals surface area contributed by atoms with Crippen LogP contribution < -0.4 is 15.6 Å². The van der Waals surface area contributed by atoms with Crippen LogP contribution in [0, 0.1) is 0 Å². The largest absolute Gasteiger partial charge is 0.480 e. The summed E-state index contributed by atoms with van der Waals surface area (Å²) in [7, 11) is 0. The number of aliphatic hydroxyl groups excluding tert-OH is 1. The van der Waals surface area contributed by atoms with Crippen molar-refractivity contribution in [1.29, 1.82) is 0 Å². The third-order valence-electron chi connectivity index (χ3n) is 6.72. The molecule has 1 aromatic carbocycles. The molecule has 2 aromatic rings. The van der Waals surface area contributed by atoms with Gasteiger partial charge in [-0.05, 0) is 29.7 Å². The number of thioether (sulfide) groups is 3. The lowest BCUT2D eigenvalue weighted by atomic mass is 10.0. The summed E-state index contributed by atoms with van der Waals surface area (Å²) >= 11 is 16.3. The first kappa shape index (κ1) is 33.4. The molecule has 0 spiro atoms. The predicted molar refractivity (Wildman–Crippen MR) is 165 cm³/mol. The Morgan fingerprint density at radius 2 is 1.88 bits per heavy atom. The SMILES string of the molecule is N[C@H](CCC[n+]1ccc(SCC2=C(C(=O)O)N3C(=O)[C@@H](NC(=O)CSc4cc(Cl)c(CO)cc4Cl)[C@H]3SC2)cc1)C(=O)O. The summed E-state index contributed by atoms with van der Waals surface area (Å²) in [5, 5.41) is 31.0. The molecule has 1 aromatic heterocycles. The number of carboxylic acids is 2. The molecule has 11 nitrogen and oxygen atoms in total. The normalized spacial score (nSPS) is 18.6. The molecule has 0 saturated carbocycles. The van der Waals surface area contributed by atoms with Crippen LogP contribution in [0.4, 0.5) is 0 Å². The molecule has 16 heteroatoms. The minimum Gasteiger partial charge on any atom is -0.480 e. The van der Waals surface area contributed by atoms with Crippen molar-refractivity contribution in [3.05, 3.63) is 63.5 Å². The Balaban J connectivity index is 1.31. The molecule has 3 atom stereocenters. The van der Waals surface area contributed by atoms with E-state index in [1.54, 1.807) is 6.07 Å². The van der Waals surface area contributed by atoms with Crippen molar-refractivity contribution in [3.8, 4) is 0 Å². The van der Waals surface area contributed by atoms with E-state index in [2.05, 4.69) is 5.32 Å². The molecule has 6 N–H and O–H groups in total. The Morgan fingerprint density at radius 1 is 1.16 bits per heavy atom. The van der Waals surface area contributed by atoms with Crippen LogP contribution in [-0.4, -0.2) is 78.7 Å². The molecule has 1 saturated heterocycles. The van der Waals surface area contributed by atoms with Gasteiger partial charge in [-0.3, -0.25) is 19.3 Å². The van der Waals surface area contributed by atoms with Crippen LogP contribution in [0.5, 0.6) is 0 Å². The topological polar surface area (TPSA) is 174 Å². The quantitative estimate of drug-likeness (QED) is 0.112. The minimum absolute atomic E-state index is 0.0356. The summed E-state index contributed by atoms with van der Waals surface area (Å²) in [4.78, 5) is 51.4. The fraction of sp³-hybridized carbons (Fsp3) is 0.370. The number of benzene rings is 1. The third kappa shape index (κ3) is 8.18. The van der Waals surface area contributed by atoms with Gasteiger partial charge in [0, 0.05) is 44.9 Å². The number of nitrogens with zero attached hydrogens (tertiary/aromatic N) is 2. The monoisotopic (exact) mass is 687 g/mol. The third-order valence-corrected chi connectivity index (χ3v) is 11.0. The van der Waals surface area contributed by atoms with E-state index in [1.165, 1.54) is 34.5 Å². The highest BCUT2D eigenvalue weighted by molar-refractivity contribution is 8.01. The molecule has 4 rings (SSSR count). The zero-order valence-electron chi connectivity index (χ0n) is 22.6. The second-order valence-corrected chi connectivity index (χ2v) is 13.7. The smallest absolute Gasteiger partial charge is 0.352 e. The van der Waals surface area contributed by atoms with Crippen LogP contribution in [0.2, 0.25) is 10.0 Å². The summed E-state index contributed by atoms with van der Waals surface area (Å²) in [5.74, 6) is -2.37. The Hall–Kier alpha value is -2.46. The molecule has 2 aliphatic heterocycles. The van der Waals surface area contributed by atoms with Crippen molar-refractivity contribution in [2.75, 3.05) is 17.3 Å². The number of nitrogens with two attached hydrogens (primary N) is 1. The van der Waals surface area contributed by atoms with Gasteiger partial charge < -0.3 is 26.4 Å². The molecular weight excluding hydrogens is 659 g/mol. The first-order chi connectivity index (χ1) is 20.5. The molecule has 3 heterocycles. The summed E-state index contributed by atoms with van der Waals surface area (Å²) < 4.78 is 1.92. The zero-order chi connectivity index (χ0) is 31.3. The van der Waals surface area contributed by atoms with Crippen LogP contribution in [0.15, 0.2) is 57.7 Å². The van der Waals surface area contributed by atoms with E-state index in [9.17, 15) is 29.4 Å². The summed E-state index contributed by atoms with van der Waals surface area (Å²) in [5.41, 5.74) is 6.58. The van der Waals surface area contributed by atoms with Gasteiger partial charge in [-0.2, -0.15) is 0 Å². The van der Waals surface area contributed by atoms with Crippen molar-refractivity contribution in [3.63, 3.8) is 0 Å². The van der Waals surface area contributed by atoms with Gasteiger partial charge in [0.15, 0.2) is 12.4 Å². The van der Waals surface area contributed by atoms with E-state index in [1.807, 2.05) is 29.1 Å². The maximum atomic E-state index is 13.0. The van der Waals surface area contributed by atoms with E-state index in [0.717, 1.165) is 16.7 Å².